The number of halogens is 2. The minimum atomic E-state index is -0.00482. The van der Waals surface area contributed by atoms with Gasteiger partial charge < -0.3 is 10.2 Å². The van der Waals surface area contributed by atoms with E-state index in [1.54, 1.807) is 0 Å². The average Bonchev–Trinajstić information content (AvgIpc) is 2.94. The number of carbonyl (C=O) groups is 1. The van der Waals surface area contributed by atoms with Gasteiger partial charge in [-0.25, -0.2) is 0 Å². The highest BCUT2D eigenvalue weighted by atomic mass is 79.9. The molecule has 25 heavy (non-hydrogen) atoms. The van der Waals surface area contributed by atoms with Crippen molar-refractivity contribution < 1.29 is 4.79 Å². The largest absolute Gasteiger partial charge is 0.369 e. The first-order valence-corrected chi connectivity index (χ1v) is 10.7. The molecule has 1 aliphatic rings. The van der Waals surface area contributed by atoms with Gasteiger partial charge in [-0.3, -0.25) is 9.69 Å². The summed E-state index contributed by atoms with van der Waals surface area (Å²) in [6.07, 6.45) is 0. The summed E-state index contributed by atoms with van der Waals surface area (Å²) in [5.74, 6) is -0.00482. The van der Waals surface area contributed by atoms with Crippen molar-refractivity contribution >= 4 is 54.8 Å². The van der Waals surface area contributed by atoms with Crippen LogP contribution in [-0.2, 0) is 0 Å². The fraction of sp³-hybridized carbons (Fsp3) is 0.389. The Hall–Kier alpha value is -0.890. The molecular weight excluding hydrogens is 466 g/mol. The number of hydrogen-bond acceptors (Lipinski definition) is 4. The third-order valence-electron chi connectivity index (χ3n) is 4.32. The summed E-state index contributed by atoms with van der Waals surface area (Å²) in [7, 11) is 0. The maximum atomic E-state index is 12.2. The number of thiophene rings is 1. The van der Waals surface area contributed by atoms with Gasteiger partial charge in [-0.05, 0) is 62.5 Å². The Kier molecular flexibility index (Phi) is 6.55. The van der Waals surface area contributed by atoms with Gasteiger partial charge in [0.15, 0.2) is 0 Å². The van der Waals surface area contributed by atoms with E-state index in [1.807, 2.05) is 6.07 Å². The second-order valence-electron chi connectivity index (χ2n) is 6.16. The van der Waals surface area contributed by atoms with Gasteiger partial charge in [-0.2, -0.15) is 0 Å². The van der Waals surface area contributed by atoms with Crippen molar-refractivity contribution in [3.05, 3.63) is 49.0 Å². The van der Waals surface area contributed by atoms with Crippen molar-refractivity contribution in [3.63, 3.8) is 0 Å². The van der Waals surface area contributed by atoms with E-state index in [0.717, 1.165) is 45.9 Å². The molecule has 0 bridgehead atoms. The molecule has 0 radical (unpaired) electrons. The molecule has 0 atom stereocenters. The molecular formula is C18H21Br2N3OS. The zero-order chi connectivity index (χ0) is 17.8. The zero-order valence-corrected chi connectivity index (χ0v) is 18.1. The SMILES string of the molecule is Cc1cccc(N2CCN(CCNC(=O)c3cc(Br)c(Br)s3)CC2)c1. The van der Waals surface area contributed by atoms with Gasteiger partial charge in [0.1, 0.15) is 0 Å². The van der Waals surface area contributed by atoms with E-state index in [9.17, 15) is 4.79 Å². The first-order chi connectivity index (χ1) is 12.0. The molecule has 134 valence electrons. The monoisotopic (exact) mass is 485 g/mol. The van der Waals surface area contributed by atoms with Gasteiger partial charge >= 0.3 is 0 Å². The lowest BCUT2D eigenvalue weighted by Gasteiger charge is -2.36. The molecule has 0 unspecified atom stereocenters. The number of piperazine rings is 1. The highest BCUT2D eigenvalue weighted by Gasteiger charge is 2.17. The van der Waals surface area contributed by atoms with Crippen molar-refractivity contribution in [2.45, 2.75) is 6.92 Å². The third-order valence-corrected chi connectivity index (χ3v) is 7.58. The molecule has 1 aromatic carbocycles. The van der Waals surface area contributed by atoms with Crippen molar-refractivity contribution in [1.29, 1.82) is 0 Å². The summed E-state index contributed by atoms with van der Waals surface area (Å²) in [4.78, 5) is 17.7. The molecule has 1 saturated heterocycles. The standard InChI is InChI=1S/C18H21Br2N3OS/c1-13-3-2-4-14(11-13)23-9-7-22(8-10-23)6-5-21-18(24)16-12-15(19)17(20)25-16/h2-4,11-12H,5-10H2,1H3,(H,21,24). The summed E-state index contributed by atoms with van der Waals surface area (Å²) in [5.41, 5.74) is 2.61. The first-order valence-electron chi connectivity index (χ1n) is 8.30. The molecule has 3 rings (SSSR count). The summed E-state index contributed by atoms with van der Waals surface area (Å²) >= 11 is 8.28. The molecule has 1 fully saturated rings. The van der Waals surface area contributed by atoms with E-state index in [2.05, 4.69) is 78.2 Å². The molecule has 2 aromatic rings. The summed E-state index contributed by atoms with van der Waals surface area (Å²) in [5, 5.41) is 3.01. The fourth-order valence-corrected chi connectivity index (χ4v) is 4.88. The predicted molar refractivity (Wildman–Crippen MR) is 112 cm³/mol. The van der Waals surface area contributed by atoms with E-state index in [4.69, 9.17) is 0 Å². The molecule has 0 aliphatic carbocycles. The summed E-state index contributed by atoms with van der Waals surface area (Å²) in [6, 6.07) is 10.5. The highest BCUT2D eigenvalue weighted by molar-refractivity contribution is 9.13. The Balaban J connectivity index is 1.41. The smallest absolute Gasteiger partial charge is 0.261 e. The molecule has 4 nitrogen and oxygen atoms in total. The van der Waals surface area contributed by atoms with Crippen LogP contribution in [0.5, 0.6) is 0 Å². The number of rotatable bonds is 5. The average molecular weight is 487 g/mol. The Labute approximate surface area is 169 Å². The third kappa shape index (κ3) is 5.06. The quantitative estimate of drug-likeness (QED) is 0.689. The van der Waals surface area contributed by atoms with Crippen LogP contribution in [-0.4, -0.2) is 50.1 Å². The molecule has 0 saturated carbocycles. The van der Waals surface area contributed by atoms with Gasteiger partial charge in [0.05, 0.1) is 8.66 Å². The lowest BCUT2D eigenvalue weighted by Crippen LogP contribution is -2.48. The number of aryl methyl sites for hydroxylation is 1. The molecule has 1 aromatic heterocycles. The lowest BCUT2D eigenvalue weighted by atomic mass is 10.2. The number of nitrogens with one attached hydrogen (secondary N) is 1. The van der Waals surface area contributed by atoms with Crippen LogP contribution in [0.1, 0.15) is 15.2 Å². The van der Waals surface area contributed by atoms with Crippen LogP contribution in [0, 0.1) is 6.92 Å². The van der Waals surface area contributed by atoms with Crippen LogP contribution in [0.15, 0.2) is 38.6 Å². The zero-order valence-electron chi connectivity index (χ0n) is 14.1. The van der Waals surface area contributed by atoms with Crippen LogP contribution < -0.4 is 10.2 Å². The maximum Gasteiger partial charge on any atom is 0.261 e. The molecule has 7 heteroatoms. The van der Waals surface area contributed by atoms with Gasteiger partial charge in [0, 0.05) is 49.4 Å². The second kappa shape index (κ2) is 8.66. The summed E-state index contributed by atoms with van der Waals surface area (Å²) < 4.78 is 1.87. The topological polar surface area (TPSA) is 35.6 Å². The highest BCUT2D eigenvalue weighted by Crippen LogP contribution is 2.32. The van der Waals surface area contributed by atoms with E-state index in [0.29, 0.717) is 6.54 Å². The van der Waals surface area contributed by atoms with Gasteiger partial charge in [-0.15, -0.1) is 11.3 Å². The number of nitrogens with zero attached hydrogens (tertiary/aromatic N) is 2. The maximum absolute atomic E-state index is 12.2. The second-order valence-corrected chi connectivity index (χ2v) is 9.38. The molecule has 1 amide bonds. The molecule has 0 spiro atoms. The Morgan fingerprint density at radius 1 is 1.20 bits per heavy atom. The molecule has 1 aliphatic heterocycles. The van der Waals surface area contributed by atoms with Crippen LogP contribution in [0.25, 0.3) is 0 Å². The Bertz CT molecular complexity index is 722. The number of carbonyl (C=O) groups excluding carboxylic acids is 1. The van der Waals surface area contributed by atoms with Crippen molar-refractivity contribution in [2.75, 3.05) is 44.2 Å². The van der Waals surface area contributed by atoms with Crippen molar-refractivity contribution in [3.8, 4) is 0 Å². The normalized spacial score (nSPS) is 15.4. The van der Waals surface area contributed by atoms with E-state index < -0.39 is 0 Å². The number of benzene rings is 1. The Morgan fingerprint density at radius 3 is 2.60 bits per heavy atom. The van der Waals surface area contributed by atoms with Crippen LogP contribution in [0.2, 0.25) is 0 Å². The number of amides is 1. The van der Waals surface area contributed by atoms with E-state index in [1.165, 1.54) is 22.6 Å². The minimum Gasteiger partial charge on any atom is -0.369 e. The minimum absolute atomic E-state index is 0.00482. The van der Waals surface area contributed by atoms with E-state index >= 15 is 0 Å². The Morgan fingerprint density at radius 2 is 1.96 bits per heavy atom. The van der Waals surface area contributed by atoms with Gasteiger partial charge in [-0.1, -0.05) is 12.1 Å². The fourth-order valence-electron chi connectivity index (χ4n) is 2.93. The lowest BCUT2D eigenvalue weighted by molar-refractivity contribution is 0.0952. The number of hydrogen-bond donors (Lipinski definition) is 1. The summed E-state index contributed by atoms with van der Waals surface area (Å²) in [6.45, 7) is 7.81. The molecule has 1 N–H and O–H groups in total. The first kappa shape index (κ1) is 18.9. The number of anilines is 1. The predicted octanol–water partition coefficient (Wildman–Crippen LogP) is 4.13. The van der Waals surface area contributed by atoms with Gasteiger partial charge in [0.2, 0.25) is 0 Å². The van der Waals surface area contributed by atoms with Crippen molar-refractivity contribution in [2.24, 2.45) is 0 Å². The van der Waals surface area contributed by atoms with Crippen LogP contribution in [0.4, 0.5) is 5.69 Å². The van der Waals surface area contributed by atoms with Crippen LogP contribution >= 0.6 is 43.2 Å². The van der Waals surface area contributed by atoms with E-state index in [-0.39, 0.29) is 5.91 Å². The molecule has 2 heterocycles. The van der Waals surface area contributed by atoms with Crippen molar-refractivity contribution in [1.82, 2.24) is 10.2 Å². The van der Waals surface area contributed by atoms with Crippen LogP contribution in [0.3, 0.4) is 0 Å². The van der Waals surface area contributed by atoms with Gasteiger partial charge in [0.25, 0.3) is 5.91 Å².